The van der Waals surface area contributed by atoms with Crippen LogP contribution in [0.25, 0.3) is 10.2 Å². The second-order valence-corrected chi connectivity index (χ2v) is 17.0. The van der Waals surface area contributed by atoms with Crippen molar-refractivity contribution in [3.63, 3.8) is 0 Å². The third-order valence-electron chi connectivity index (χ3n) is 12.2. The molecule has 7 rings (SSSR count). The van der Waals surface area contributed by atoms with Gasteiger partial charge in [0.05, 0.1) is 34.2 Å². The first-order valence-corrected chi connectivity index (χ1v) is 19.3. The molecule has 0 spiro atoms. The number of ether oxygens (including phenoxy) is 2. The van der Waals surface area contributed by atoms with Gasteiger partial charge in [-0.1, -0.05) is 56.7 Å². The van der Waals surface area contributed by atoms with Crippen molar-refractivity contribution in [2.45, 2.75) is 94.6 Å². The van der Waals surface area contributed by atoms with Gasteiger partial charge in [0, 0.05) is 11.8 Å². The number of allylic oxidation sites excluding steroid dienone is 1. The van der Waals surface area contributed by atoms with Crippen LogP contribution in [0.3, 0.4) is 0 Å². The topological polar surface area (TPSA) is 103 Å². The Labute approximate surface area is 290 Å². The van der Waals surface area contributed by atoms with E-state index in [1.807, 2.05) is 30.3 Å². The predicted octanol–water partition coefficient (Wildman–Crippen LogP) is 8.23. The summed E-state index contributed by atoms with van der Waals surface area (Å²) in [6, 6.07) is 14.9. The number of thioether (sulfide) groups is 1. The Bertz CT molecular complexity index is 1720. The molecule has 1 N–H and O–H groups in total. The number of benzene rings is 2. The summed E-state index contributed by atoms with van der Waals surface area (Å²) in [7, 11) is 0. The second-order valence-electron chi connectivity index (χ2n) is 14.7. The lowest BCUT2D eigenvalue weighted by Gasteiger charge is -2.60. The summed E-state index contributed by atoms with van der Waals surface area (Å²) in [5.41, 5.74) is 0.0621. The zero-order valence-electron chi connectivity index (χ0n) is 28.0. The van der Waals surface area contributed by atoms with E-state index in [2.05, 4.69) is 20.8 Å². The van der Waals surface area contributed by atoms with E-state index in [0.29, 0.717) is 37.2 Å². The Balaban J connectivity index is 1.19. The summed E-state index contributed by atoms with van der Waals surface area (Å²) >= 11 is 2.96. The molecule has 254 valence electrons. The highest BCUT2D eigenvalue weighted by Crippen LogP contribution is 2.68. The maximum absolute atomic E-state index is 14.7. The van der Waals surface area contributed by atoms with Crippen LogP contribution in [-0.2, 0) is 14.3 Å². The molecule has 2 aromatic carbocycles. The minimum absolute atomic E-state index is 0.00246. The molecule has 1 aromatic heterocycles. The number of unbranched alkanes of at least 4 members (excludes halogenated alkanes) is 1. The molecule has 0 amide bonds. The monoisotopic (exact) mass is 687 g/mol. The fourth-order valence-electron chi connectivity index (χ4n) is 9.75. The Morgan fingerprint density at radius 3 is 2.62 bits per heavy atom. The maximum atomic E-state index is 14.7. The number of Topliss-reactive ketones (excluding diaryl/α,β-unsaturated/α-hetero) is 1. The normalized spacial score (nSPS) is 32.6. The van der Waals surface area contributed by atoms with Crippen LogP contribution in [0.2, 0.25) is 0 Å². The molecule has 0 saturated heterocycles. The van der Waals surface area contributed by atoms with Gasteiger partial charge in [-0.15, -0.1) is 11.3 Å². The smallest absolute Gasteiger partial charge is 0.339 e. The summed E-state index contributed by atoms with van der Waals surface area (Å²) in [6.07, 6.45) is 7.60. The number of aliphatic hydroxyl groups is 1. The number of carbonyl (C=O) groups is 3. The van der Waals surface area contributed by atoms with Crippen LogP contribution in [0, 0.1) is 28.6 Å². The van der Waals surface area contributed by atoms with Crippen molar-refractivity contribution in [1.29, 1.82) is 0 Å². The van der Waals surface area contributed by atoms with Gasteiger partial charge in [-0.05, 0) is 111 Å². The van der Waals surface area contributed by atoms with E-state index in [0.717, 1.165) is 53.1 Å². The number of fused-ring (bicyclic) bond motifs is 6. The molecular weight excluding hydrogens is 643 g/mol. The number of thiazole rings is 1. The van der Waals surface area contributed by atoms with Gasteiger partial charge in [0.15, 0.2) is 21.5 Å². The Morgan fingerprint density at radius 2 is 1.85 bits per heavy atom. The summed E-state index contributed by atoms with van der Waals surface area (Å²) < 4.78 is 14.2. The van der Waals surface area contributed by atoms with Gasteiger partial charge in [-0.2, -0.15) is 0 Å². The standard InChI is InChI=1S/C39H45NO6S2/c1-4-5-20-45-27-13-10-24(11-14-27)35(44)46-39(33(43)23-47-36-40-30-8-6-7-9-32(30)48-36)19-17-29-28-15-12-25-21-26(41)16-18-37(25,2)34(28)31(42)22-38(29,39)3/h6-11,13-14,21,28-29,31,34,42H,4-5,12,15-20,22-23H2,1-3H3/t28?,29?,31-,34?,37?,38?,39-/m0/s1. The number of ketones is 2. The number of hydrogen-bond acceptors (Lipinski definition) is 9. The molecular formula is C39H45NO6S2. The summed E-state index contributed by atoms with van der Waals surface area (Å²) in [5, 5.41) is 12.1. The predicted molar refractivity (Wildman–Crippen MR) is 188 cm³/mol. The Morgan fingerprint density at radius 1 is 1.06 bits per heavy atom. The van der Waals surface area contributed by atoms with Crippen LogP contribution in [0.1, 0.15) is 88.9 Å². The number of rotatable bonds is 10. The molecule has 3 saturated carbocycles. The maximum Gasteiger partial charge on any atom is 0.339 e. The Kier molecular flexibility index (Phi) is 9.09. The molecule has 9 heteroatoms. The van der Waals surface area contributed by atoms with Crippen molar-refractivity contribution in [3.8, 4) is 5.75 Å². The van der Waals surface area contributed by atoms with Crippen molar-refractivity contribution in [2.75, 3.05) is 12.4 Å². The molecule has 4 aliphatic carbocycles. The van der Waals surface area contributed by atoms with Gasteiger partial charge in [0.2, 0.25) is 0 Å². The molecule has 0 radical (unpaired) electrons. The molecule has 1 heterocycles. The van der Waals surface area contributed by atoms with Gasteiger partial charge < -0.3 is 14.6 Å². The van der Waals surface area contributed by atoms with E-state index in [9.17, 15) is 19.5 Å². The number of aliphatic hydroxyl groups excluding tert-OH is 1. The lowest BCUT2D eigenvalue weighted by Crippen LogP contribution is -2.63. The average molecular weight is 688 g/mol. The second kappa shape index (κ2) is 13.0. The van der Waals surface area contributed by atoms with Crippen LogP contribution in [0.4, 0.5) is 0 Å². The Hall–Kier alpha value is -3.01. The number of hydrogen-bond donors (Lipinski definition) is 1. The number of carbonyl (C=O) groups excluding carboxylic acids is 3. The largest absolute Gasteiger partial charge is 0.494 e. The number of para-hydroxylation sites is 1. The summed E-state index contributed by atoms with van der Waals surface area (Å²) in [5.74, 6) is 0.605. The molecule has 0 aliphatic heterocycles. The van der Waals surface area contributed by atoms with E-state index in [4.69, 9.17) is 14.5 Å². The van der Waals surface area contributed by atoms with Crippen molar-refractivity contribution < 1.29 is 29.0 Å². The third-order valence-corrected chi connectivity index (χ3v) is 14.4. The van der Waals surface area contributed by atoms with Crippen molar-refractivity contribution >= 4 is 50.9 Å². The highest BCUT2D eigenvalue weighted by atomic mass is 32.2. The molecule has 7 nitrogen and oxygen atoms in total. The van der Waals surface area contributed by atoms with Crippen LogP contribution in [0.5, 0.6) is 5.75 Å². The van der Waals surface area contributed by atoms with E-state index in [1.54, 1.807) is 35.6 Å². The van der Waals surface area contributed by atoms with E-state index in [-0.39, 0.29) is 40.5 Å². The van der Waals surface area contributed by atoms with Gasteiger partial charge in [0.1, 0.15) is 5.75 Å². The minimum Gasteiger partial charge on any atom is -0.494 e. The minimum atomic E-state index is -1.39. The highest BCUT2D eigenvalue weighted by Gasteiger charge is 2.70. The van der Waals surface area contributed by atoms with E-state index in [1.165, 1.54) is 17.3 Å². The molecule has 5 unspecified atom stereocenters. The molecule has 7 atom stereocenters. The highest BCUT2D eigenvalue weighted by molar-refractivity contribution is 8.01. The van der Waals surface area contributed by atoms with E-state index < -0.39 is 23.1 Å². The first-order chi connectivity index (χ1) is 23.1. The van der Waals surface area contributed by atoms with Crippen LogP contribution < -0.4 is 4.74 Å². The van der Waals surface area contributed by atoms with Crippen LogP contribution >= 0.6 is 23.1 Å². The van der Waals surface area contributed by atoms with E-state index >= 15 is 0 Å². The quantitative estimate of drug-likeness (QED) is 0.129. The van der Waals surface area contributed by atoms with Crippen LogP contribution in [-0.4, -0.2) is 51.7 Å². The average Bonchev–Trinajstić information content (AvgIpc) is 3.62. The van der Waals surface area contributed by atoms with Gasteiger partial charge in [0.25, 0.3) is 0 Å². The number of nitrogens with zero attached hydrogens (tertiary/aromatic N) is 1. The fourth-order valence-corrected chi connectivity index (χ4v) is 11.8. The molecule has 3 aromatic rings. The zero-order chi connectivity index (χ0) is 33.7. The third kappa shape index (κ3) is 5.63. The molecule has 48 heavy (non-hydrogen) atoms. The first-order valence-electron chi connectivity index (χ1n) is 17.5. The molecule has 0 bridgehead atoms. The van der Waals surface area contributed by atoms with Crippen molar-refractivity contribution in [3.05, 3.63) is 65.7 Å². The van der Waals surface area contributed by atoms with Crippen molar-refractivity contribution in [1.82, 2.24) is 4.98 Å². The van der Waals surface area contributed by atoms with Gasteiger partial charge in [-0.3, -0.25) is 9.59 Å². The van der Waals surface area contributed by atoms with Crippen LogP contribution in [0.15, 0.2) is 64.5 Å². The first kappa shape index (κ1) is 33.5. The van der Waals surface area contributed by atoms with Gasteiger partial charge >= 0.3 is 5.97 Å². The zero-order valence-corrected chi connectivity index (χ0v) is 29.7. The van der Waals surface area contributed by atoms with Gasteiger partial charge in [-0.25, -0.2) is 9.78 Å². The molecule has 4 aliphatic rings. The number of aromatic nitrogens is 1. The summed E-state index contributed by atoms with van der Waals surface area (Å²) in [4.78, 5) is 45.8. The fraction of sp³-hybridized carbons (Fsp3) is 0.538. The van der Waals surface area contributed by atoms with Crippen molar-refractivity contribution in [2.24, 2.45) is 28.6 Å². The SMILES string of the molecule is CCCCOc1ccc(C(=O)O[C@]2(C(=O)CSc3nc4ccccc4s3)CCC3C4CCC5=CC(=O)CCC5(C)C4[C@@H](O)CC32C)cc1. The number of esters is 1. The summed E-state index contributed by atoms with van der Waals surface area (Å²) in [6.45, 7) is 7.03. The molecule has 3 fully saturated rings. The lowest BCUT2D eigenvalue weighted by molar-refractivity contribution is -0.180. The lowest BCUT2D eigenvalue weighted by atomic mass is 9.45.